The van der Waals surface area contributed by atoms with E-state index in [-0.39, 0.29) is 0 Å². The molecule has 0 fully saturated rings. The molecule has 19 heavy (non-hydrogen) atoms. The van der Waals surface area contributed by atoms with E-state index in [0.29, 0.717) is 6.04 Å². The van der Waals surface area contributed by atoms with Crippen molar-refractivity contribution in [2.75, 3.05) is 6.54 Å². The van der Waals surface area contributed by atoms with Crippen molar-refractivity contribution in [1.29, 1.82) is 0 Å². The fourth-order valence-corrected chi connectivity index (χ4v) is 2.85. The number of aryl methyl sites for hydroxylation is 2. The Bertz CT molecular complexity index is 530. The van der Waals surface area contributed by atoms with Crippen molar-refractivity contribution in [1.82, 2.24) is 5.32 Å². The Morgan fingerprint density at radius 3 is 2.95 bits per heavy atom. The Morgan fingerprint density at radius 2 is 2.11 bits per heavy atom. The lowest BCUT2D eigenvalue weighted by Crippen LogP contribution is -2.21. The van der Waals surface area contributed by atoms with Crippen molar-refractivity contribution in [3.8, 4) is 0 Å². The van der Waals surface area contributed by atoms with Crippen LogP contribution in [0.2, 0.25) is 0 Å². The molecule has 1 aliphatic rings. The molecule has 1 heterocycles. The molecule has 0 spiro atoms. The van der Waals surface area contributed by atoms with Crippen molar-refractivity contribution in [2.45, 2.75) is 38.6 Å². The van der Waals surface area contributed by atoms with Gasteiger partial charge in [-0.15, -0.1) is 0 Å². The summed E-state index contributed by atoms with van der Waals surface area (Å²) >= 11 is 0. The normalized spacial score (nSPS) is 15.4. The Morgan fingerprint density at radius 1 is 1.21 bits per heavy atom. The lowest BCUT2D eigenvalue weighted by atomic mass is 10.0. The number of rotatable bonds is 5. The second-order valence-corrected chi connectivity index (χ2v) is 5.39. The third-order valence-electron chi connectivity index (χ3n) is 4.02. The predicted molar refractivity (Wildman–Crippen MR) is 77.3 cm³/mol. The summed E-state index contributed by atoms with van der Waals surface area (Å²) in [4.78, 5) is 0. The smallest absolute Gasteiger partial charge is 0.105 e. The lowest BCUT2D eigenvalue weighted by molar-refractivity contribution is 0.486. The van der Waals surface area contributed by atoms with Crippen LogP contribution < -0.4 is 5.32 Å². The number of fused-ring (bicyclic) bond motifs is 1. The van der Waals surface area contributed by atoms with E-state index in [4.69, 9.17) is 4.42 Å². The van der Waals surface area contributed by atoms with Gasteiger partial charge in [-0.25, -0.2) is 0 Å². The first-order valence-corrected chi connectivity index (χ1v) is 7.20. The molecule has 100 valence electrons. The number of hydrogen-bond donors (Lipinski definition) is 1. The Kier molecular flexibility index (Phi) is 3.69. The molecule has 0 amide bonds. The van der Waals surface area contributed by atoms with Gasteiger partial charge >= 0.3 is 0 Å². The van der Waals surface area contributed by atoms with Crippen molar-refractivity contribution >= 4 is 0 Å². The molecule has 0 saturated heterocycles. The molecule has 1 aliphatic carbocycles. The van der Waals surface area contributed by atoms with Gasteiger partial charge in [0, 0.05) is 19.0 Å². The summed E-state index contributed by atoms with van der Waals surface area (Å²) in [6.07, 6.45) is 6.51. The predicted octanol–water partition coefficient (Wildman–Crippen LogP) is 3.66. The Balaban J connectivity index is 1.56. The zero-order valence-electron chi connectivity index (χ0n) is 11.5. The van der Waals surface area contributed by atoms with Gasteiger partial charge in [0.25, 0.3) is 0 Å². The van der Waals surface area contributed by atoms with Crippen molar-refractivity contribution < 1.29 is 4.42 Å². The van der Waals surface area contributed by atoms with Gasteiger partial charge < -0.3 is 9.73 Å². The van der Waals surface area contributed by atoms with Crippen LogP contribution in [-0.4, -0.2) is 6.54 Å². The van der Waals surface area contributed by atoms with Crippen molar-refractivity contribution in [2.24, 2.45) is 0 Å². The number of furan rings is 1. The first kappa shape index (κ1) is 12.5. The van der Waals surface area contributed by atoms with Crippen LogP contribution in [0.15, 0.2) is 41.0 Å². The topological polar surface area (TPSA) is 25.2 Å². The van der Waals surface area contributed by atoms with E-state index in [1.54, 1.807) is 17.4 Å². The van der Waals surface area contributed by atoms with Gasteiger partial charge in [0.1, 0.15) is 5.76 Å². The SMILES string of the molecule is CC(NCCc1ccco1)c1ccc2c(c1)CCC2. The molecule has 1 unspecified atom stereocenters. The van der Waals surface area contributed by atoms with E-state index >= 15 is 0 Å². The second-order valence-electron chi connectivity index (χ2n) is 5.39. The standard InChI is InChI=1S/C17H21NO/c1-13(18-10-9-17-6-3-11-19-17)15-8-7-14-4-2-5-16(14)12-15/h3,6-8,11-13,18H,2,4-5,9-10H2,1H3. The third-order valence-corrected chi connectivity index (χ3v) is 4.02. The molecule has 1 aromatic carbocycles. The monoisotopic (exact) mass is 255 g/mol. The van der Waals surface area contributed by atoms with Gasteiger partial charge in [-0.05, 0) is 55.0 Å². The molecule has 0 aliphatic heterocycles. The first-order valence-electron chi connectivity index (χ1n) is 7.20. The third kappa shape index (κ3) is 2.90. The van der Waals surface area contributed by atoms with E-state index in [1.807, 2.05) is 12.1 Å². The molecule has 2 aromatic rings. The van der Waals surface area contributed by atoms with Gasteiger partial charge in [-0.2, -0.15) is 0 Å². The molecule has 2 heteroatoms. The van der Waals surface area contributed by atoms with Gasteiger partial charge in [-0.3, -0.25) is 0 Å². The molecule has 0 bridgehead atoms. The maximum atomic E-state index is 5.34. The summed E-state index contributed by atoms with van der Waals surface area (Å²) < 4.78 is 5.34. The van der Waals surface area contributed by atoms with E-state index in [2.05, 4.69) is 30.4 Å². The quantitative estimate of drug-likeness (QED) is 0.882. The lowest BCUT2D eigenvalue weighted by Gasteiger charge is -2.15. The molecule has 1 aromatic heterocycles. The average Bonchev–Trinajstić information content (AvgIpc) is 3.08. The highest BCUT2D eigenvalue weighted by Crippen LogP contribution is 2.25. The first-order chi connectivity index (χ1) is 9.33. The largest absolute Gasteiger partial charge is 0.469 e. The minimum Gasteiger partial charge on any atom is -0.469 e. The van der Waals surface area contributed by atoms with Crippen LogP contribution in [0.1, 0.15) is 41.8 Å². The zero-order valence-corrected chi connectivity index (χ0v) is 11.5. The van der Waals surface area contributed by atoms with E-state index in [0.717, 1.165) is 18.7 Å². The van der Waals surface area contributed by atoms with Crippen LogP contribution in [0, 0.1) is 0 Å². The molecule has 0 radical (unpaired) electrons. The van der Waals surface area contributed by atoms with Crippen molar-refractivity contribution in [3.63, 3.8) is 0 Å². The van der Waals surface area contributed by atoms with Crippen LogP contribution in [0.4, 0.5) is 0 Å². The average molecular weight is 255 g/mol. The maximum absolute atomic E-state index is 5.34. The van der Waals surface area contributed by atoms with Crippen molar-refractivity contribution in [3.05, 3.63) is 59.0 Å². The van der Waals surface area contributed by atoms with Gasteiger partial charge in [0.2, 0.25) is 0 Å². The molecular formula is C17H21NO. The number of hydrogen-bond acceptors (Lipinski definition) is 2. The minimum atomic E-state index is 0.404. The minimum absolute atomic E-state index is 0.404. The summed E-state index contributed by atoms with van der Waals surface area (Å²) in [5.74, 6) is 1.05. The molecule has 2 nitrogen and oxygen atoms in total. The van der Waals surface area contributed by atoms with E-state index < -0.39 is 0 Å². The molecule has 3 rings (SSSR count). The van der Waals surface area contributed by atoms with Gasteiger partial charge in [-0.1, -0.05) is 18.2 Å². The summed E-state index contributed by atoms with van der Waals surface area (Å²) in [6, 6.07) is 11.3. The Labute approximate surface area is 114 Å². The maximum Gasteiger partial charge on any atom is 0.105 e. The molecule has 1 atom stereocenters. The van der Waals surface area contributed by atoms with Crippen LogP contribution in [0.3, 0.4) is 0 Å². The zero-order chi connectivity index (χ0) is 13.1. The van der Waals surface area contributed by atoms with E-state index in [1.165, 1.54) is 24.8 Å². The van der Waals surface area contributed by atoms with E-state index in [9.17, 15) is 0 Å². The highest BCUT2D eigenvalue weighted by atomic mass is 16.3. The van der Waals surface area contributed by atoms with Gasteiger partial charge in [0.15, 0.2) is 0 Å². The highest BCUT2D eigenvalue weighted by molar-refractivity contribution is 5.36. The summed E-state index contributed by atoms with van der Waals surface area (Å²) in [6.45, 7) is 3.19. The van der Waals surface area contributed by atoms with Crippen LogP contribution in [-0.2, 0) is 19.3 Å². The number of benzene rings is 1. The van der Waals surface area contributed by atoms with Gasteiger partial charge in [0.05, 0.1) is 6.26 Å². The second kappa shape index (κ2) is 5.62. The summed E-state index contributed by atoms with van der Waals surface area (Å²) in [5.41, 5.74) is 4.50. The fraction of sp³-hybridized carbons (Fsp3) is 0.412. The summed E-state index contributed by atoms with van der Waals surface area (Å²) in [7, 11) is 0. The van der Waals surface area contributed by atoms with Crippen LogP contribution in [0.5, 0.6) is 0 Å². The molecule has 0 saturated carbocycles. The Hall–Kier alpha value is -1.54. The fourth-order valence-electron chi connectivity index (χ4n) is 2.85. The van der Waals surface area contributed by atoms with Crippen LogP contribution >= 0.6 is 0 Å². The number of nitrogens with one attached hydrogen (secondary N) is 1. The molecular weight excluding hydrogens is 234 g/mol. The molecule has 1 N–H and O–H groups in total. The summed E-state index contributed by atoms with van der Waals surface area (Å²) in [5, 5.41) is 3.57. The highest BCUT2D eigenvalue weighted by Gasteiger charge is 2.13. The van der Waals surface area contributed by atoms with Crippen LogP contribution in [0.25, 0.3) is 0 Å².